The van der Waals surface area contributed by atoms with Crippen molar-refractivity contribution >= 4 is 23.5 Å². The number of hydrogen-bond donors (Lipinski definition) is 2. The highest BCUT2D eigenvalue weighted by atomic mass is 16.5. The molecule has 23 heavy (non-hydrogen) atoms. The number of carboxylic acids is 1. The first-order chi connectivity index (χ1) is 11.0. The third-order valence-electron chi connectivity index (χ3n) is 3.58. The van der Waals surface area contributed by atoms with Gasteiger partial charge in [-0.25, -0.2) is 9.78 Å². The third-order valence-corrected chi connectivity index (χ3v) is 3.58. The molecule has 0 radical (unpaired) electrons. The molecule has 3 rings (SSSR count). The maximum atomic E-state index is 12.4. The Hall–Kier alpha value is -3.09. The molecule has 1 aromatic carbocycles. The number of nitrogens with zero attached hydrogens (tertiary/aromatic N) is 2. The summed E-state index contributed by atoms with van der Waals surface area (Å²) in [7, 11) is 0. The van der Waals surface area contributed by atoms with E-state index in [2.05, 4.69) is 4.98 Å². The summed E-state index contributed by atoms with van der Waals surface area (Å²) in [6.07, 6.45) is -0.619. The maximum absolute atomic E-state index is 12.4. The van der Waals surface area contributed by atoms with Crippen LogP contribution in [0.25, 0.3) is 0 Å². The molecule has 0 fully saturated rings. The van der Waals surface area contributed by atoms with E-state index in [4.69, 9.17) is 15.6 Å². The second kappa shape index (κ2) is 5.60. The highest BCUT2D eigenvalue weighted by molar-refractivity contribution is 5.98. The van der Waals surface area contributed by atoms with Crippen LogP contribution in [0.4, 0.5) is 11.6 Å². The zero-order valence-electron chi connectivity index (χ0n) is 12.4. The molecule has 3 N–H and O–H groups in total. The van der Waals surface area contributed by atoms with Crippen molar-refractivity contribution in [1.29, 1.82) is 0 Å². The Labute approximate surface area is 132 Å². The number of nitrogens with two attached hydrogens (primary N) is 1. The summed E-state index contributed by atoms with van der Waals surface area (Å²) in [4.78, 5) is 29.0. The van der Waals surface area contributed by atoms with Crippen LogP contribution in [0.15, 0.2) is 36.4 Å². The summed E-state index contributed by atoms with van der Waals surface area (Å²) in [5, 5.41) is 8.93. The Morgan fingerprint density at radius 1 is 1.30 bits per heavy atom. The normalized spacial score (nSPS) is 16.7. The number of carbonyl (C=O) groups is 2. The standard InChI is InChI=1S/C16H15N3O4/c1-9-15(20)19(14-12(23-9)6-7-13(17)18-14)8-10-2-4-11(5-3-10)16(21)22/h2-7,9H,8H2,1H3,(H2,17,18)(H,21,22). The number of amides is 1. The summed E-state index contributed by atoms with van der Waals surface area (Å²) in [6, 6.07) is 9.63. The highest BCUT2D eigenvalue weighted by Gasteiger charge is 2.32. The molecule has 2 aromatic rings. The quantitative estimate of drug-likeness (QED) is 0.893. The van der Waals surface area contributed by atoms with Gasteiger partial charge in [0.25, 0.3) is 5.91 Å². The van der Waals surface area contributed by atoms with Gasteiger partial charge in [0.1, 0.15) is 5.82 Å². The van der Waals surface area contributed by atoms with Gasteiger partial charge in [-0.1, -0.05) is 12.1 Å². The van der Waals surface area contributed by atoms with Crippen LogP contribution in [-0.2, 0) is 11.3 Å². The number of carbonyl (C=O) groups excluding carboxylic acids is 1. The van der Waals surface area contributed by atoms with Crippen molar-refractivity contribution in [1.82, 2.24) is 4.98 Å². The topological polar surface area (TPSA) is 106 Å². The number of benzene rings is 1. The molecule has 7 nitrogen and oxygen atoms in total. The van der Waals surface area contributed by atoms with Crippen molar-refractivity contribution in [2.45, 2.75) is 19.6 Å². The van der Waals surface area contributed by atoms with Crippen LogP contribution < -0.4 is 15.4 Å². The zero-order chi connectivity index (χ0) is 16.6. The van der Waals surface area contributed by atoms with Crippen molar-refractivity contribution in [3.63, 3.8) is 0 Å². The predicted molar refractivity (Wildman–Crippen MR) is 83.3 cm³/mol. The summed E-state index contributed by atoms with van der Waals surface area (Å²) >= 11 is 0. The van der Waals surface area contributed by atoms with Gasteiger partial charge in [-0.2, -0.15) is 0 Å². The van der Waals surface area contributed by atoms with Gasteiger partial charge in [0.15, 0.2) is 17.7 Å². The number of pyridine rings is 1. The molecule has 0 bridgehead atoms. The number of carboxylic acid groups (broad SMARTS) is 1. The van der Waals surface area contributed by atoms with Gasteiger partial charge in [-0.3, -0.25) is 9.69 Å². The molecule has 0 saturated carbocycles. The fraction of sp³-hybridized carbons (Fsp3) is 0.188. The van der Waals surface area contributed by atoms with E-state index in [0.29, 0.717) is 17.4 Å². The van der Waals surface area contributed by atoms with E-state index in [1.54, 1.807) is 31.2 Å². The molecule has 1 unspecified atom stereocenters. The lowest BCUT2D eigenvalue weighted by Crippen LogP contribution is -2.44. The Morgan fingerprint density at radius 3 is 2.65 bits per heavy atom. The van der Waals surface area contributed by atoms with E-state index >= 15 is 0 Å². The lowest BCUT2D eigenvalue weighted by molar-refractivity contribution is -0.125. The molecule has 2 heterocycles. The maximum Gasteiger partial charge on any atom is 0.335 e. The molecule has 1 aliphatic heterocycles. The van der Waals surface area contributed by atoms with E-state index < -0.39 is 12.1 Å². The molecular formula is C16H15N3O4. The first-order valence-corrected chi connectivity index (χ1v) is 7.02. The summed E-state index contributed by atoms with van der Waals surface area (Å²) in [5.74, 6) is -0.0601. The predicted octanol–water partition coefficient (Wildman–Crippen LogP) is 1.68. The molecule has 0 aliphatic carbocycles. The number of anilines is 2. The Morgan fingerprint density at radius 2 is 2.00 bits per heavy atom. The second-order valence-corrected chi connectivity index (χ2v) is 5.24. The number of nitrogen functional groups attached to an aromatic ring is 1. The van der Waals surface area contributed by atoms with Crippen molar-refractivity contribution in [3.8, 4) is 5.75 Å². The van der Waals surface area contributed by atoms with Gasteiger partial charge >= 0.3 is 5.97 Å². The molecule has 7 heteroatoms. The van der Waals surface area contributed by atoms with Crippen LogP contribution in [0.5, 0.6) is 5.75 Å². The van der Waals surface area contributed by atoms with E-state index in [1.807, 2.05) is 0 Å². The van der Waals surface area contributed by atoms with Crippen molar-refractivity contribution < 1.29 is 19.4 Å². The highest BCUT2D eigenvalue weighted by Crippen LogP contribution is 2.33. The Kier molecular flexibility index (Phi) is 3.61. The number of ether oxygens (including phenoxy) is 1. The number of aromatic nitrogens is 1. The average molecular weight is 313 g/mol. The SMILES string of the molecule is CC1Oc2ccc(N)nc2N(Cc2ccc(C(=O)O)cc2)C1=O. The van der Waals surface area contributed by atoms with Crippen LogP contribution in [0.1, 0.15) is 22.8 Å². The Bertz CT molecular complexity index is 773. The summed E-state index contributed by atoms with van der Waals surface area (Å²) in [5.41, 5.74) is 6.68. The van der Waals surface area contributed by atoms with Gasteiger partial charge in [0.2, 0.25) is 0 Å². The molecule has 1 aromatic heterocycles. The number of rotatable bonds is 3. The minimum Gasteiger partial charge on any atom is -0.478 e. The van der Waals surface area contributed by atoms with Crippen molar-refractivity contribution in [2.75, 3.05) is 10.6 Å². The number of fused-ring (bicyclic) bond motifs is 1. The Balaban J connectivity index is 1.93. The minimum atomic E-state index is -0.993. The van der Waals surface area contributed by atoms with Gasteiger partial charge in [0.05, 0.1) is 12.1 Å². The van der Waals surface area contributed by atoms with E-state index in [-0.39, 0.29) is 18.0 Å². The van der Waals surface area contributed by atoms with Gasteiger partial charge in [-0.15, -0.1) is 0 Å². The van der Waals surface area contributed by atoms with Crippen LogP contribution in [0.3, 0.4) is 0 Å². The minimum absolute atomic E-state index is 0.193. The molecule has 118 valence electrons. The fourth-order valence-electron chi connectivity index (χ4n) is 2.39. The molecular weight excluding hydrogens is 298 g/mol. The van der Waals surface area contributed by atoms with Gasteiger partial charge < -0.3 is 15.6 Å². The number of hydrogen-bond acceptors (Lipinski definition) is 5. The summed E-state index contributed by atoms with van der Waals surface area (Å²) < 4.78 is 5.53. The second-order valence-electron chi connectivity index (χ2n) is 5.24. The van der Waals surface area contributed by atoms with Gasteiger partial charge in [-0.05, 0) is 36.8 Å². The largest absolute Gasteiger partial charge is 0.478 e. The van der Waals surface area contributed by atoms with Crippen LogP contribution in [-0.4, -0.2) is 28.1 Å². The molecule has 0 spiro atoms. The average Bonchev–Trinajstić information content (AvgIpc) is 2.53. The molecule has 1 atom stereocenters. The van der Waals surface area contributed by atoms with E-state index in [0.717, 1.165) is 5.56 Å². The van der Waals surface area contributed by atoms with Gasteiger partial charge in [0, 0.05) is 0 Å². The molecule has 1 amide bonds. The first-order valence-electron chi connectivity index (χ1n) is 7.02. The van der Waals surface area contributed by atoms with Crippen LogP contribution in [0.2, 0.25) is 0 Å². The van der Waals surface area contributed by atoms with Crippen molar-refractivity contribution in [2.24, 2.45) is 0 Å². The molecule has 1 aliphatic rings. The lowest BCUT2D eigenvalue weighted by Gasteiger charge is -2.32. The lowest BCUT2D eigenvalue weighted by atomic mass is 10.1. The third kappa shape index (κ3) is 2.80. The zero-order valence-corrected chi connectivity index (χ0v) is 12.4. The monoisotopic (exact) mass is 313 g/mol. The molecule has 0 saturated heterocycles. The first kappa shape index (κ1) is 14.8. The summed E-state index contributed by atoms with van der Waals surface area (Å²) in [6.45, 7) is 1.93. The fourth-order valence-corrected chi connectivity index (χ4v) is 2.39. The smallest absolute Gasteiger partial charge is 0.335 e. The van der Waals surface area contributed by atoms with Crippen LogP contribution in [0, 0.1) is 0 Å². The van der Waals surface area contributed by atoms with E-state index in [9.17, 15) is 9.59 Å². The number of aromatic carboxylic acids is 1. The van der Waals surface area contributed by atoms with Crippen molar-refractivity contribution in [3.05, 3.63) is 47.5 Å². The van der Waals surface area contributed by atoms with Crippen LogP contribution >= 0.6 is 0 Å². The van der Waals surface area contributed by atoms with E-state index in [1.165, 1.54) is 17.0 Å².